The zero-order valence-electron chi connectivity index (χ0n) is 11.8. The maximum Gasteiger partial charge on any atom is 0.122 e. The SMILES string of the molecule is CCC[C@H](C)C[C@@H](C)C[C@H](C)C[C@H](C)C=O. The molecule has 0 unspecified atom stereocenters. The number of hydrogen-bond acceptors (Lipinski definition) is 1. The quantitative estimate of drug-likeness (QED) is 0.521. The van der Waals surface area contributed by atoms with Crippen molar-refractivity contribution in [2.45, 2.75) is 66.7 Å². The zero-order chi connectivity index (χ0) is 12.6. The van der Waals surface area contributed by atoms with Gasteiger partial charge in [-0.3, -0.25) is 0 Å². The van der Waals surface area contributed by atoms with E-state index in [1.165, 1.54) is 25.7 Å². The molecule has 0 N–H and O–H groups in total. The first-order valence-corrected chi connectivity index (χ1v) is 6.94. The third kappa shape index (κ3) is 7.90. The lowest BCUT2D eigenvalue weighted by Gasteiger charge is -2.21. The molecule has 0 aliphatic carbocycles. The Balaban J connectivity index is 3.76. The van der Waals surface area contributed by atoms with E-state index in [1.807, 2.05) is 6.92 Å². The summed E-state index contributed by atoms with van der Waals surface area (Å²) in [5.41, 5.74) is 0. The van der Waals surface area contributed by atoms with Crippen LogP contribution in [-0.2, 0) is 4.79 Å². The summed E-state index contributed by atoms with van der Waals surface area (Å²) in [5, 5.41) is 0. The lowest BCUT2D eigenvalue weighted by atomic mass is 9.85. The highest BCUT2D eigenvalue weighted by atomic mass is 16.1. The van der Waals surface area contributed by atoms with E-state index in [9.17, 15) is 4.79 Å². The highest BCUT2D eigenvalue weighted by Gasteiger charge is 2.14. The number of aldehydes is 1. The highest BCUT2D eigenvalue weighted by Crippen LogP contribution is 2.25. The second kappa shape index (κ2) is 8.78. The first-order chi connectivity index (χ1) is 7.49. The molecule has 0 amide bonds. The third-order valence-corrected chi connectivity index (χ3v) is 3.40. The van der Waals surface area contributed by atoms with Crippen molar-refractivity contribution in [3.8, 4) is 0 Å². The molecule has 0 bridgehead atoms. The molecule has 0 heterocycles. The first kappa shape index (κ1) is 15.7. The molecular weight excluding hydrogens is 196 g/mol. The van der Waals surface area contributed by atoms with Crippen molar-refractivity contribution in [3.63, 3.8) is 0 Å². The number of carbonyl (C=O) groups excluding carboxylic acids is 1. The van der Waals surface area contributed by atoms with E-state index in [1.54, 1.807) is 0 Å². The Morgan fingerprint density at radius 2 is 1.38 bits per heavy atom. The molecule has 0 saturated carbocycles. The van der Waals surface area contributed by atoms with Crippen molar-refractivity contribution >= 4 is 6.29 Å². The van der Waals surface area contributed by atoms with Gasteiger partial charge in [0.1, 0.15) is 6.29 Å². The van der Waals surface area contributed by atoms with Crippen molar-refractivity contribution in [1.82, 2.24) is 0 Å². The predicted molar refractivity (Wildman–Crippen MR) is 71.5 cm³/mol. The highest BCUT2D eigenvalue weighted by molar-refractivity contribution is 5.52. The Hall–Kier alpha value is -0.330. The summed E-state index contributed by atoms with van der Waals surface area (Å²) in [7, 11) is 0. The zero-order valence-corrected chi connectivity index (χ0v) is 11.8. The van der Waals surface area contributed by atoms with Gasteiger partial charge < -0.3 is 4.79 Å². The van der Waals surface area contributed by atoms with Gasteiger partial charge in [-0.05, 0) is 37.0 Å². The van der Waals surface area contributed by atoms with Crippen LogP contribution < -0.4 is 0 Å². The van der Waals surface area contributed by atoms with Crippen LogP contribution in [-0.4, -0.2) is 6.29 Å². The molecule has 0 aliphatic heterocycles. The minimum Gasteiger partial charge on any atom is -0.303 e. The molecule has 0 aromatic carbocycles. The smallest absolute Gasteiger partial charge is 0.122 e. The lowest BCUT2D eigenvalue weighted by molar-refractivity contribution is -0.111. The summed E-state index contributed by atoms with van der Waals surface area (Å²) >= 11 is 0. The van der Waals surface area contributed by atoms with Crippen LogP contribution in [0, 0.1) is 23.7 Å². The van der Waals surface area contributed by atoms with Crippen LogP contribution in [0.1, 0.15) is 66.7 Å². The fraction of sp³-hybridized carbons (Fsp3) is 0.933. The van der Waals surface area contributed by atoms with E-state index < -0.39 is 0 Å². The van der Waals surface area contributed by atoms with Crippen LogP contribution in [0.2, 0.25) is 0 Å². The normalized spacial score (nSPS) is 18.8. The Morgan fingerprint density at radius 3 is 1.88 bits per heavy atom. The topological polar surface area (TPSA) is 17.1 Å². The van der Waals surface area contributed by atoms with Crippen LogP contribution in [0.4, 0.5) is 0 Å². The van der Waals surface area contributed by atoms with Gasteiger partial charge in [-0.1, -0.05) is 47.5 Å². The second-order valence-corrected chi connectivity index (χ2v) is 5.92. The number of rotatable bonds is 9. The van der Waals surface area contributed by atoms with Crippen LogP contribution >= 0.6 is 0 Å². The Labute approximate surface area is 102 Å². The van der Waals surface area contributed by atoms with Crippen molar-refractivity contribution in [2.24, 2.45) is 23.7 Å². The van der Waals surface area contributed by atoms with Gasteiger partial charge in [0, 0.05) is 5.92 Å². The molecule has 96 valence electrons. The molecule has 0 fully saturated rings. The van der Waals surface area contributed by atoms with Crippen molar-refractivity contribution in [2.75, 3.05) is 0 Å². The monoisotopic (exact) mass is 226 g/mol. The lowest BCUT2D eigenvalue weighted by Crippen LogP contribution is -2.10. The molecule has 0 aromatic rings. The average molecular weight is 226 g/mol. The fourth-order valence-electron chi connectivity index (χ4n) is 2.87. The Morgan fingerprint density at radius 1 is 0.875 bits per heavy atom. The van der Waals surface area contributed by atoms with E-state index in [4.69, 9.17) is 0 Å². The molecule has 16 heavy (non-hydrogen) atoms. The number of carbonyl (C=O) groups is 1. The summed E-state index contributed by atoms with van der Waals surface area (Å²) in [5.74, 6) is 2.57. The second-order valence-electron chi connectivity index (χ2n) is 5.92. The molecule has 0 aliphatic rings. The third-order valence-electron chi connectivity index (χ3n) is 3.40. The summed E-state index contributed by atoms with van der Waals surface area (Å²) in [6, 6.07) is 0. The van der Waals surface area contributed by atoms with Gasteiger partial charge in [0.2, 0.25) is 0 Å². The summed E-state index contributed by atoms with van der Waals surface area (Å²) in [4.78, 5) is 10.6. The molecule has 4 atom stereocenters. The van der Waals surface area contributed by atoms with Gasteiger partial charge in [-0.2, -0.15) is 0 Å². The van der Waals surface area contributed by atoms with Crippen molar-refractivity contribution < 1.29 is 4.79 Å². The molecule has 0 aromatic heterocycles. The van der Waals surface area contributed by atoms with E-state index in [2.05, 4.69) is 27.7 Å². The Bertz CT molecular complexity index is 176. The summed E-state index contributed by atoms with van der Waals surface area (Å²) in [6.07, 6.45) is 7.39. The Kier molecular flexibility index (Phi) is 8.60. The molecule has 1 heteroatoms. The van der Waals surface area contributed by atoms with Gasteiger partial charge in [-0.15, -0.1) is 0 Å². The van der Waals surface area contributed by atoms with Gasteiger partial charge in [0.25, 0.3) is 0 Å². The van der Waals surface area contributed by atoms with E-state index in [0.29, 0.717) is 5.92 Å². The van der Waals surface area contributed by atoms with Gasteiger partial charge in [-0.25, -0.2) is 0 Å². The maximum absolute atomic E-state index is 10.6. The minimum atomic E-state index is 0.232. The predicted octanol–water partition coefficient (Wildman–Crippen LogP) is 4.70. The van der Waals surface area contributed by atoms with E-state index in [-0.39, 0.29) is 5.92 Å². The van der Waals surface area contributed by atoms with E-state index in [0.717, 1.165) is 24.5 Å². The number of hydrogen-bond donors (Lipinski definition) is 0. The van der Waals surface area contributed by atoms with Crippen LogP contribution in [0.15, 0.2) is 0 Å². The van der Waals surface area contributed by atoms with Gasteiger partial charge in [0.05, 0.1) is 0 Å². The fourth-order valence-corrected chi connectivity index (χ4v) is 2.87. The van der Waals surface area contributed by atoms with Crippen LogP contribution in [0.3, 0.4) is 0 Å². The molecule has 1 nitrogen and oxygen atoms in total. The largest absolute Gasteiger partial charge is 0.303 e. The van der Waals surface area contributed by atoms with E-state index >= 15 is 0 Å². The van der Waals surface area contributed by atoms with Crippen molar-refractivity contribution in [3.05, 3.63) is 0 Å². The summed E-state index contributed by atoms with van der Waals surface area (Å²) in [6.45, 7) is 11.3. The standard InChI is InChI=1S/C15H30O/c1-6-7-12(2)8-13(3)9-14(4)10-15(5)11-16/h11-15H,6-10H2,1-5H3/t12-,13+,14-,15-/m0/s1. The minimum absolute atomic E-state index is 0.232. The van der Waals surface area contributed by atoms with Crippen molar-refractivity contribution in [1.29, 1.82) is 0 Å². The van der Waals surface area contributed by atoms with Crippen LogP contribution in [0.5, 0.6) is 0 Å². The van der Waals surface area contributed by atoms with Gasteiger partial charge in [0.15, 0.2) is 0 Å². The molecule has 0 radical (unpaired) electrons. The van der Waals surface area contributed by atoms with Gasteiger partial charge >= 0.3 is 0 Å². The molecule has 0 rings (SSSR count). The maximum atomic E-state index is 10.6. The van der Waals surface area contributed by atoms with Crippen LogP contribution in [0.25, 0.3) is 0 Å². The first-order valence-electron chi connectivity index (χ1n) is 6.94. The molecule has 0 spiro atoms. The average Bonchev–Trinajstić information content (AvgIpc) is 2.16. The molecular formula is C15H30O. The summed E-state index contributed by atoms with van der Waals surface area (Å²) < 4.78 is 0. The molecule has 0 saturated heterocycles.